The van der Waals surface area contributed by atoms with E-state index in [2.05, 4.69) is 80.5 Å². The van der Waals surface area contributed by atoms with E-state index in [1.54, 1.807) is 0 Å². The molecule has 0 N–H and O–H groups in total. The molecule has 0 fully saturated rings. The van der Waals surface area contributed by atoms with E-state index in [1.807, 2.05) is 48.5 Å². The second kappa shape index (κ2) is 8.47. The van der Waals surface area contributed by atoms with Crippen molar-refractivity contribution < 1.29 is 26.8 Å². The average molecular weight is 565 g/mol. The summed E-state index contributed by atoms with van der Waals surface area (Å²) >= 11 is 3.41. The second-order valence-corrected chi connectivity index (χ2v) is 15.9. The molecule has 2 aromatic rings. The quantitative estimate of drug-likeness (QED) is 0.362. The summed E-state index contributed by atoms with van der Waals surface area (Å²) in [5, 5.41) is 0. The molecule has 0 atom stereocenters. The summed E-state index contributed by atoms with van der Waals surface area (Å²) in [6.45, 7) is 0. The Balaban J connectivity index is 1.83. The van der Waals surface area contributed by atoms with Crippen molar-refractivity contribution in [1.29, 1.82) is 0 Å². The molecule has 5 heteroatoms. The van der Waals surface area contributed by atoms with Gasteiger partial charge in [0, 0.05) is 0 Å². The van der Waals surface area contributed by atoms with Crippen molar-refractivity contribution in [2.24, 2.45) is 0 Å². The Labute approximate surface area is 182 Å². The number of rotatable bonds is 6. The Hall–Kier alpha value is -1.16. The van der Waals surface area contributed by atoms with E-state index in [1.165, 1.54) is 0 Å². The summed E-state index contributed by atoms with van der Waals surface area (Å²) in [6.07, 6.45) is 17.2. The van der Waals surface area contributed by atoms with Crippen LogP contribution in [0.1, 0.15) is 0 Å². The summed E-state index contributed by atoms with van der Waals surface area (Å²) in [6, 6.07) is 16.0. The Bertz CT molecular complexity index is 847. The summed E-state index contributed by atoms with van der Waals surface area (Å²) in [4.78, 5) is 0. The first-order valence-corrected chi connectivity index (χ1v) is 15.2. The Morgan fingerprint density at radius 1 is 0.593 bits per heavy atom. The molecule has 0 amide bonds. The standard InChI is InChI=1S/2C6H5BrO.2C5H5.Zr/c2*7-5-3-1-2-4-6(5)8;2*1-2-4-5-3-1;/h2*1-4,8H;2*1-5H;/q;;;;+2/p-2. The van der Waals surface area contributed by atoms with E-state index in [4.69, 9.17) is 5.63 Å². The molecule has 0 saturated heterocycles. The van der Waals surface area contributed by atoms with E-state index in [0.29, 0.717) is 0 Å². The van der Waals surface area contributed by atoms with Crippen LogP contribution in [0.15, 0.2) is 106 Å². The predicted octanol–water partition coefficient (Wildman–Crippen LogP) is 7.48. The van der Waals surface area contributed by atoms with Gasteiger partial charge in [0.25, 0.3) is 0 Å². The van der Waals surface area contributed by atoms with Gasteiger partial charge in [-0.3, -0.25) is 0 Å². The van der Waals surface area contributed by atoms with Gasteiger partial charge in [-0.1, -0.05) is 0 Å². The molecule has 0 radical (unpaired) electrons. The monoisotopic (exact) mass is 562 g/mol. The zero-order chi connectivity index (χ0) is 18.7. The van der Waals surface area contributed by atoms with E-state index in [9.17, 15) is 0 Å². The van der Waals surface area contributed by atoms with Crippen LogP contribution in [0.2, 0.25) is 7.25 Å². The minimum atomic E-state index is -3.87. The van der Waals surface area contributed by atoms with E-state index < -0.39 is 21.1 Å². The number of para-hydroxylation sites is 2. The fraction of sp³-hybridized carbons (Fsp3) is 0.0909. The molecule has 0 heterocycles. The first-order chi connectivity index (χ1) is 13.2. The average Bonchev–Trinajstić information content (AvgIpc) is 3.39. The van der Waals surface area contributed by atoms with Crippen LogP contribution in [0.25, 0.3) is 0 Å². The van der Waals surface area contributed by atoms with Gasteiger partial charge in [-0.05, 0) is 0 Å². The molecule has 2 aliphatic carbocycles. The van der Waals surface area contributed by atoms with Gasteiger partial charge in [-0.25, -0.2) is 0 Å². The van der Waals surface area contributed by atoms with Crippen molar-refractivity contribution in [1.82, 2.24) is 0 Å². The number of hydrogen-bond acceptors (Lipinski definition) is 2. The van der Waals surface area contributed by atoms with Gasteiger partial charge < -0.3 is 0 Å². The zero-order valence-corrected chi connectivity index (χ0v) is 20.1. The molecule has 2 aliphatic rings. The molecular weight excluding hydrogens is 547 g/mol. The third-order valence-corrected chi connectivity index (χ3v) is 15.1. The first kappa shape index (κ1) is 19.2. The number of allylic oxidation sites excluding steroid dienone is 8. The van der Waals surface area contributed by atoms with Crippen molar-refractivity contribution >= 4 is 31.9 Å². The van der Waals surface area contributed by atoms with E-state index in [-0.39, 0.29) is 7.25 Å². The number of halogens is 2. The Morgan fingerprint density at radius 3 is 1.33 bits per heavy atom. The predicted molar refractivity (Wildman–Crippen MR) is 114 cm³/mol. The molecule has 136 valence electrons. The molecule has 2 aromatic carbocycles. The molecule has 0 spiro atoms. The molecule has 0 unspecified atom stereocenters. The summed E-state index contributed by atoms with van der Waals surface area (Å²) < 4.78 is 16.0. The van der Waals surface area contributed by atoms with Crippen LogP contribution in [0, 0.1) is 0 Å². The Kier molecular flexibility index (Phi) is 6.01. The van der Waals surface area contributed by atoms with Crippen molar-refractivity contribution in [3.8, 4) is 11.5 Å². The van der Waals surface area contributed by atoms with Gasteiger partial charge in [-0.2, -0.15) is 0 Å². The third-order valence-electron chi connectivity index (χ3n) is 4.64. The van der Waals surface area contributed by atoms with Crippen LogP contribution in [-0.4, -0.2) is 0 Å². The van der Waals surface area contributed by atoms with Gasteiger partial charge in [0.1, 0.15) is 0 Å². The molecule has 4 rings (SSSR count). The molecule has 27 heavy (non-hydrogen) atoms. The maximum atomic E-state index is 6.87. The summed E-state index contributed by atoms with van der Waals surface area (Å²) in [7, 11) is 0. The third kappa shape index (κ3) is 4.01. The van der Waals surface area contributed by atoms with Crippen molar-refractivity contribution in [3.63, 3.8) is 0 Å². The molecule has 0 aromatic heterocycles. The zero-order valence-electron chi connectivity index (χ0n) is 14.5. The minimum absolute atomic E-state index is 0.163. The van der Waals surface area contributed by atoms with Gasteiger partial charge in [-0.15, -0.1) is 0 Å². The summed E-state index contributed by atoms with van der Waals surface area (Å²) in [5.41, 5.74) is 0. The normalized spacial score (nSPS) is 16.4. The van der Waals surface area contributed by atoms with Crippen LogP contribution in [0.5, 0.6) is 11.5 Å². The Morgan fingerprint density at radius 2 is 0.963 bits per heavy atom. The van der Waals surface area contributed by atoms with E-state index >= 15 is 0 Å². The first-order valence-electron chi connectivity index (χ1n) is 8.76. The van der Waals surface area contributed by atoms with Crippen LogP contribution < -0.4 is 5.63 Å². The fourth-order valence-electron chi connectivity index (χ4n) is 3.31. The summed E-state index contributed by atoms with van der Waals surface area (Å²) in [5.74, 6) is 1.67. The van der Waals surface area contributed by atoms with Crippen LogP contribution in [0.4, 0.5) is 0 Å². The molecule has 2 nitrogen and oxygen atoms in total. The molecule has 0 aliphatic heterocycles. The van der Waals surface area contributed by atoms with Crippen LogP contribution in [-0.2, 0) is 21.1 Å². The van der Waals surface area contributed by atoms with Crippen molar-refractivity contribution in [2.45, 2.75) is 7.25 Å². The number of benzene rings is 2. The van der Waals surface area contributed by atoms with Crippen molar-refractivity contribution in [3.05, 3.63) is 106 Å². The van der Waals surface area contributed by atoms with Crippen LogP contribution >= 0.6 is 31.9 Å². The maximum absolute atomic E-state index is 6.87. The molecule has 0 bridgehead atoms. The van der Waals surface area contributed by atoms with Gasteiger partial charge in [0.05, 0.1) is 0 Å². The fourth-order valence-corrected chi connectivity index (χ4v) is 13.6. The van der Waals surface area contributed by atoms with Crippen LogP contribution in [0.3, 0.4) is 0 Å². The van der Waals surface area contributed by atoms with E-state index in [0.717, 1.165) is 20.4 Å². The number of hydrogen-bond donors (Lipinski definition) is 0. The van der Waals surface area contributed by atoms with Crippen molar-refractivity contribution in [2.75, 3.05) is 0 Å². The molecule has 0 saturated carbocycles. The van der Waals surface area contributed by atoms with Gasteiger partial charge >= 0.3 is 183 Å². The second-order valence-electron chi connectivity index (χ2n) is 6.38. The topological polar surface area (TPSA) is 18.5 Å². The molecular formula is C22H18Br2O2Zr. The van der Waals surface area contributed by atoms with Gasteiger partial charge in [0.2, 0.25) is 0 Å². The SMILES string of the molecule is Brc1ccccc1[O][Zr]([O]c1ccccc1Br)([CH]1C=CC=C1)[CH]1C=CC=C1. The van der Waals surface area contributed by atoms with Gasteiger partial charge in [0.15, 0.2) is 0 Å².